The molecule has 2 aromatic carbocycles. The van der Waals surface area contributed by atoms with Crippen molar-refractivity contribution in [1.29, 1.82) is 0 Å². The molecule has 3 rings (SSSR count). The molecule has 1 unspecified atom stereocenters. The van der Waals surface area contributed by atoms with E-state index in [2.05, 4.69) is 12.2 Å². The first-order valence-electron chi connectivity index (χ1n) is 14.8. The molecule has 1 saturated carbocycles. The predicted octanol–water partition coefficient (Wildman–Crippen LogP) is 7.27. The highest BCUT2D eigenvalue weighted by atomic mass is 32.2. The average Bonchev–Trinajstić information content (AvgIpc) is 2.96. The lowest BCUT2D eigenvalue weighted by Gasteiger charge is -2.27. The molecule has 0 heterocycles. The van der Waals surface area contributed by atoms with Crippen LogP contribution < -0.4 is 5.32 Å². The molecule has 1 aliphatic rings. The molecule has 2 aromatic rings. The van der Waals surface area contributed by atoms with Crippen LogP contribution >= 0.6 is 11.8 Å². The van der Waals surface area contributed by atoms with E-state index in [9.17, 15) is 14.7 Å². The van der Waals surface area contributed by atoms with Crippen molar-refractivity contribution < 1.29 is 24.2 Å². The van der Waals surface area contributed by atoms with Gasteiger partial charge in [0.1, 0.15) is 6.04 Å². The van der Waals surface area contributed by atoms with Gasteiger partial charge in [0.15, 0.2) is 0 Å². The Hall–Kier alpha value is -2.35. The molecule has 40 heavy (non-hydrogen) atoms. The number of carboxylic acid groups (broad SMARTS) is 1. The number of aliphatic carboxylic acids is 1. The van der Waals surface area contributed by atoms with Crippen molar-refractivity contribution in [2.45, 2.75) is 90.4 Å². The molecule has 0 aliphatic heterocycles. The van der Waals surface area contributed by atoms with Gasteiger partial charge in [-0.15, -0.1) is 0 Å². The summed E-state index contributed by atoms with van der Waals surface area (Å²) in [5.74, 6) is -0.0494. The van der Waals surface area contributed by atoms with Crippen LogP contribution in [0.3, 0.4) is 0 Å². The lowest BCUT2D eigenvalue weighted by atomic mass is 9.85. The molecule has 0 saturated heterocycles. The fourth-order valence-electron chi connectivity index (χ4n) is 5.36. The van der Waals surface area contributed by atoms with Gasteiger partial charge in [-0.05, 0) is 78.5 Å². The van der Waals surface area contributed by atoms with Crippen LogP contribution in [-0.4, -0.2) is 54.4 Å². The van der Waals surface area contributed by atoms with Gasteiger partial charge < -0.3 is 19.9 Å². The molecule has 2 N–H and O–H groups in total. The lowest BCUT2D eigenvalue weighted by molar-refractivity contribution is -0.139. The normalized spacial score (nSPS) is 15.5. The summed E-state index contributed by atoms with van der Waals surface area (Å²) < 4.78 is 12.4. The molecule has 220 valence electrons. The third-order valence-electron chi connectivity index (χ3n) is 7.73. The predicted molar refractivity (Wildman–Crippen MR) is 164 cm³/mol. The van der Waals surface area contributed by atoms with E-state index in [0.29, 0.717) is 36.9 Å². The lowest BCUT2D eigenvalue weighted by Crippen LogP contribution is -2.41. The van der Waals surface area contributed by atoms with E-state index < -0.39 is 12.0 Å². The number of aryl methyl sites for hydroxylation is 1. The molecular formula is C33H47NO5S. The molecule has 2 atom stereocenters. The van der Waals surface area contributed by atoms with Crippen molar-refractivity contribution in [3.63, 3.8) is 0 Å². The van der Waals surface area contributed by atoms with Crippen LogP contribution in [-0.2, 0) is 20.9 Å². The number of thioether (sulfide) groups is 1. The van der Waals surface area contributed by atoms with Gasteiger partial charge >= 0.3 is 5.97 Å². The van der Waals surface area contributed by atoms with Crippen molar-refractivity contribution in [3.8, 4) is 11.1 Å². The van der Waals surface area contributed by atoms with Gasteiger partial charge in [0.2, 0.25) is 0 Å². The quantitative estimate of drug-likeness (QED) is 0.195. The van der Waals surface area contributed by atoms with E-state index in [4.69, 9.17) is 9.47 Å². The zero-order chi connectivity index (χ0) is 28.7. The van der Waals surface area contributed by atoms with Crippen molar-refractivity contribution >= 4 is 23.6 Å². The monoisotopic (exact) mass is 569 g/mol. The summed E-state index contributed by atoms with van der Waals surface area (Å²) in [7, 11) is 0. The van der Waals surface area contributed by atoms with Crippen LogP contribution in [0.1, 0.15) is 86.2 Å². The highest BCUT2D eigenvalue weighted by Gasteiger charge is 2.24. The zero-order valence-corrected chi connectivity index (χ0v) is 25.3. The maximum Gasteiger partial charge on any atom is 0.326 e. The second-order valence-corrected chi connectivity index (χ2v) is 11.9. The van der Waals surface area contributed by atoms with Crippen LogP contribution in [0.15, 0.2) is 42.5 Å². The maximum absolute atomic E-state index is 13.4. The Balaban J connectivity index is 1.80. The summed E-state index contributed by atoms with van der Waals surface area (Å²) in [6.45, 7) is 5.99. The first-order valence-corrected chi connectivity index (χ1v) is 16.2. The molecule has 6 nitrogen and oxygen atoms in total. The van der Waals surface area contributed by atoms with Crippen LogP contribution in [0.4, 0.5) is 0 Å². The summed E-state index contributed by atoms with van der Waals surface area (Å²) in [5, 5.41) is 12.4. The Morgan fingerprint density at radius 3 is 2.58 bits per heavy atom. The summed E-state index contributed by atoms with van der Waals surface area (Å²) >= 11 is 1.56. The number of carbonyl (C=O) groups excluding carboxylic acids is 1. The molecule has 1 amide bonds. The summed E-state index contributed by atoms with van der Waals surface area (Å²) in [5.41, 5.74) is 4.23. The molecule has 0 aromatic heterocycles. The average molecular weight is 570 g/mol. The van der Waals surface area contributed by atoms with Gasteiger partial charge in [-0.25, -0.2) is 4.79 Å². The number of carbonyl (C=O) groups is 2. The van der Waals surface area contributed by atoms with Gasteiger partial charge in [-0.3, -0.25) is 4.79 Å². The second-order valence-electron chi connectivity index (χ2n) is 10.9. The summed E-state index contributed by atoms with van der Waals surface area (Å²) in [6, 6.07) is 12.8. The number of benzene rings is 2. The van der Waals surface area contributed by atoms with Crippen LogP contribution in [0.5, 0.6) is 0 Å². The number of nitrogens with one attached hydrogen (secondary N) is 1. The highest BCUT2D eigenvalue weighted by molar-refractivity contribution is 7.98. The number of rotatable bonds is 17. The van der Waals surface area contributed by atoms with Crippen LogP contribution in [0.25, 0.3) is 11.1 Å². The smallest absolute Gasteiger partial charge is 0.326 e. The Morgan fingerprint density at radius 1 is 1.10 bits per heavy atom. The molecule has 1 fully saturated rings. The third kappa shape index (κ3) is 10.2. The van der Waals surface area contributed by atoms with Crippen molar-refractivity contribution in [3.05, 3.63) is 59.2 Å². The molecule has 1 aliphatic carbocycles. The number of hydrogen-bond donors (Lipinski definition) is 2. The minimum Gasteiger partial charge on any atom is -0.480 e. The largest absolute Gasteiger partial charge is 0.480 e. The van der Waals surface area contributed by atoms with Gasteiger partial charge in [0, 0.05) is 12.2 Å². The molecule has 0 spiro atoms. The van der Waals surface area contributed by atoms with Crippen molar-refractivity contribution in [2.75, 3.05) is 25.2 Å². The van der Waals surface area contributed by atoms with Crippen molar-refractivity contribution in [1.82, 2.24) is 5.32 Å². The van der Waals surface area contributed by atoms with E-state index >= 15 is 0 Å². The number of unbranched alkanes of at least 4 members (excludes halogenated alkanes) is 1. The van der Waals surface area contributed by atoms with Gasteiger partial charge in [-0.1, -0.05) is 75.8 Å². The highest BCUT2D eigenvalue weighted by Crippen LogP contribution is 2.31. The fourth-order valence-corrected chi connectivity index (χ4v) is 5.83. The maximum atomic E-state index is 13.4. The minimum atomic E-state index is -1.02. The number of ether oxygens (including phenoxy) is 2. The van der Waals surface area contributed by atoms with E-state index in [1.54, 1.807) is 17.8 Å². The SMILES string of the molecule is CCCCOCC(CC1CCCCC1)OCc1ccc(C(=O)N[C@@H](CCSC)C(=O)O)c(-c2ccccc2C)c1. The minimum absolute atomic E-state index is 0.0394. The van der Waals surface area contributed by atoms with Crippen LogP contribution in [0.2, 0.25) is 0 Å². The zero-order valence-electron chi connectivity index (χ0n) is 24.5. The standard InChI is InChI=1S/C33H47NO5S/c1-4-5-18-38-23-27(20-25-12-7-6-8-13-25)39-22-26-15-16-29(30(21-26)28-14-10-9-11-24(28)2)32(35)34-31(33(36)37)17-19-40-3/h9-11,14-16,21,25,27,31H,4-8,12-13,17-20,22-23H2,1-3H3,(H,34,35)(H,36,37)/t27?,31-/m0/s1. The Labute approximate surface area is 244 Å². The Kier molecular flexibility index (Phi) is 14.0. The van der Waals surface area contributed by atoms with Gasteiger partial charge in [-0.2, -0.15) is 11.8 Å². The summed E-state index contributed by atoms with van der Waals surface area (Å²) in [6.07, 6.45) is 12.0. The summed E-state index contributed by atoms with van der Waals surface area (Å²) in [4.78, 5) is 25.2. The van der Waals surface area contributed by atoms with Gasteiger partial charge in [0.05, 0.1) is 19.3 Å². The Morgan fingerprint density at radius 2 is 1.88 bits per heavy atom. The van der Waals surface area contributed by atoms with Gasteiger partial charge in [0.25, 0.3) is 5.91 Å². The number of carboxylic acids is 1. The number of hydrogen-bond acceptors (Lipinski definition) is 5. The first-order chi connectivity index (χ1) is 19.4. The van der Waals surface area contributed by atoms with E-state index in [0.717, 1.165) is 48.1 Å². The van der Waals surface area contributed by atoms with Crippen molar-refractivity contribution in [2.24, 2.45) is 5.92 Å². The fraction of sp³-hybridized carbons (Fsp3) is 0.576. The van der Waals surface area contributed by atoms with Crippen LogP contribution in [0, 0.1) is 12.8 Å². The second kappa shape index (κ2) is 17.5. The number of amides is 1. The van der Waals surface area contributed by atoms with E-state index in [1.165, 1.54) is 32.1 Å². The molecule has 0 radical (unpaired) electrons. The van der Waals surface area contributed by atoms with E-state index in [-0.39, 0.29) is 12.0 Å². The Bertz CT molecular complexity index is 1070. The molecule has 7 heteroatoms. The van der Waals surface area contributed by atoms with E-state index in [1.807, 2.05) is 49.6 Å². The molecular weight excluding hydrogens is 522 g/mol. The topological polar surface area (TPSA) is 84.9 Å². The third-order valence-corrected chi connectivity index (χ3v) is 8.37. The first kappa shape index (κ1) is 32.2. The molecule has 0 bridgehead atoms.